The van der Waals surface area contributed by atoms with Crippen LogP contribution in [0.15, 0.2) is 18.2 Å². The first-order valence-electron chi connectivity index (χ1n) is 8.61. The Morgan fingerprint density at radius 2 is 2.00 bits per heavy atom. The van der Waals surface area contributed by atoms with E-state index < -0.39 is 24.7 Å². The van der Waals surface area contributed by atoms with E-state index in [2.05, 4.69) is 4.90 Å². The van der Waals surface area contributed by atoms with Crippen LogP contribution >= 0.6 is 0 Å². The summed E-state index contributed by atoms with van der Waals surface area (Å²) in [6, 6.07) is 5.05. The zero-order valence-electron chi connectivity index (χ0n) is 14.9. The number of piperidine rings is 1. The number of alkyl halides is 3. The topological polar surface area (TPSA) is 59.0 Å². The number of nitrogens with zero attached hydrogens (tertiary/aromatic N) is 1. The van der Waals surface area contributed by atoms with E-state index in [-0.39, 0.29) is 17.5 Å². The maximum atomic E-state index is 12.4. The molecule has 0 bridgehead atoms. The van der Waals surface area contributed by atoms with Gasteiger partial charge in [-0.05, 0) is 44.4 Å². The van der Waals surface area contributed by atoms with Crippen molar-refractivity contribution in [2.45, 2.75) is 45.5 Å². The zero-order valence-corrected chi connectivity index (χ0v) is 14.9. The van der Waals surface area contributed by atoms with E-state index in [1.54, 1.807) is 19.1 Å². The van der Waals surface area contributed by atoms with Crippen molar-refractivity contribution in [2.24, 2.45) is 5.92 Å². The Morgan fingerprint density at radius 1 is 1.27 bits per heavy atom. The van der Waals surface area contributed by atoms with Gasteiger partial charge in [-0.2, -0.15) is 13.2 Å². The molecule has 2 atom stereocenters. The lowest BCUT2D eigenvalue weighted by Gasteiger charge is -2.36. The third-order valence-electron chi connectivity index (χ3n) is 4.45. The van der Waals surface area contributed by atoms with Gasteiger partial charge in [-0.15, -0.1) is 0 Å². The highest BCUT2D eigenvalue weighted by atomic mass is 19.4. The maximum absolute atomic E-state index is 12.4. The highest BCUT2D eigenvalue weighted by molar-refractivity contribution is 5.70. The van der Waals surface area contributed by atoms with Crippen LogP contribution in [0.2, 0.25) is 0 Å². The van der Waals surface area contributed by atoms with Crippen molar-refractivity contribution in [3.8, 4) is 11.5 Å². The van der Waals surface area contributed by atoms with Crippen LogP contribution < -0.4 is 9.47 Å². The summed E-state index contributed by atoms with van der Waals surface area (Å²) in [6.07, 6.45) is -2.97. The van der Waals surface area contributed by atoms with Gasteiger partial charge in [0.05, 0.1) is 12.5 Å². The second-order valence-electron chi connectivity index (χ2n) is 6.51. The number of likely N-dealkylation sites (tertiary alicyclic amines) is 1. The van der Waals surface area contributed by atoms with E-state index in [1.807, 2.05) is 6.92 Å². The van der Waals surface area contributed by atoms with Gasteiger partial charge in [0.2, 0.25) is 0 Å². The van der Waals surface area contributed by atoms with Gasteiger partial charge in [-0.3, -0.25) is 9.69 Å². The van der Waals surface area contributed by atoms with Crippen molar-refractivity contribution < 1.29 is 32.5 Å². The molecule has 1 N–H and O–H groups in total. The first-order chi connectivity index (χ1) is 12.2. The number of benzene rings is 1. The molecule has 0 amide bonds. The van der Waals surface area contributed by atoms with E-state index >= 15 is 0 Å². The number of aliphatic carboxylic acids is 1. The first kappa shape index (κ1) is 20.4. The summed E-state index contributed by atoms with van der Waals surface area (Å²) in [5.41, 5.74) is 0.839. The molecule has 26 heavy (non-hydrogen) atoms. The Bertz CT molecular complexity index is 621. The monoisotopic (exact) mass is 375 g/mol. The summed E-state index contributed by atoms with van der Waals surface area (Å²) in [5.74, 6) is -0.892. The molecule has 0 radical (unpaired) electrons. The van der Waals surface area contributed by atoms with Gasteiger partial charge < -0.3 is 14.6 Å². The molecule has 146 valence electrons. The molecule has 0 saturated carbocycles. The summed E-state index contributed by atoms with van der Waals surface area (Å²) < 4.78 is 47.4. The molecule has 1 heterocycles. The number of carbonyl (C=O) groups is 1. The minimum absolute atomic E-state index is 0.0445. The fourth-order valence-corrected chi connectivity index (χ4v) is 3.03. The Kier molecular flexibility index (Phi) is 6.75. The third-order valence-corrected chi connectivity index (χ3v) is 4.45. The van der Waals surface area contributed by atoms with Gasteiger partial charge in [0.25, 0.3) is 0 Å². The van der Waals surface area contributed by atoms with Gasteiger partial charge in [0.1, 0.15) is 0 Å². The molecule has 1 fully saturated rings. The molecule has 0 spiro atoms. The SMILES string of the molecule is CCOc1cc(CN2CC(C(=O)O)CCC2C)ccc1OCC(F)(F)F. The number of hydrogen-bond donors (Lipinski definition) is 1. The van der Waals surface area contributed by atoms with Gasteiger partial charge in [0, 0.05) is 19.1 Å². The normalized spacial score (nSPS) is 21.4. The Labute approximate surface area is 150 Å². The second kappa shape index (κ2) is 8.62. The van der Waals surface area contributed by atoms with Crippen molar-refractivity contribution in [3.63, 3.8) is 0 Å². The Balaban J connectivity index is 2.11. The fourth-order valence-electron chi connectivity index (χ4n) is 3.03. The molecule has 1 aromatic rings. The van der Waals surface area contributed by atoms with Crippen LogP contribution in [-0.2, 0) is 11.3 Å². The van der Waals surface area contributed by atoms with Crippen LogP contribution in [0.25, 0.3) is 0 Å². The molecule has 1 saturated heterocycles. The van der Waals surface area contributed by atoms with Crippen molar-refractivity contribution in [1.29, 1.82) is 0 Å². The predicted molar refractivity (Wildman–Crippen MR) is 89.4 cm³/mol. The summed E-state index contributed by atoms with van der Waals surface area (Å²) in [5, 5.41) is 9.23. The lowest BCUT2D eigenvalue weighted by molar-refractivity contribution is -0.153. The number of ether oxygens (including phenoxy) is 2. The highest BCUT2D eigenvalue weighted by Crippen LogP contribution is 2.32. The van der Waals surface area contributed by atoms with Gasteiger partial charge in [0.15, 0.2) is 18.1 Å². The molecule has 0 aliphatic carbocycles. The quantitative estimate of drug-likeness (QED) is 0.787. The largest absolute Gasteiger partial charge is 0.490 e. The molecule has 1 aliphatic heterocycles. The van der Waals surface area contributed by atoms with Gasteiger partial charge in [-0.1, -0.05) is 6.07 Å². The number of carboxylic acid groups (broad SMARTS) is 1. The predicted octanol–water partition coefficient (Wildman–Crippen LogP) is 3.71. The van der Waals surface area contributed by atoms with Crippen molar-refractivity contribution in [2.75, 3.05) is 19.8 Å². The number of rotatable bonds is 7. The second-order valence-corrected chi connectivity index (χ2v) is 6.51. The number of hydrogen-bond acceptors (Lipinski definition) is 4. The van der Waals surface area contributed by atoms with Crippen molar-refractivity contribution in [3.05, 3.63) is 23.8 Å². The first-order valence-corrected chi connectivity index (χ1v) is 8.61. The van der Waals surface area contributed by atoms with E-state index in [0.717, 1.165) is 12.0 Å². The van der Waals surface area contributed by atoms with Crippen molar-refractivity contribution in [1.82, 2.24) is 4.90 Å². The molecule has 0 aromatic heterocycles. The van der Waals surface area contributed by atoms with Crippen LogP contribution in [0.4, 0.5) is 13.2 Å². The van der Waals surface area contributed by atoms with Crippen LogP contribution in [0.5, 0.6) is 11.5 Å². The molecular formula is C18H24F3NO4. The van der Waals surface area contributed by atoms with Crippen LogP contribution in [0.3, 0.4) is 0 Å². The Morgan fingerprint density at radius 3 is 2.62 bits per heavy atom. The maximum Gasteiger partial charge on any atom is 0.422 e. The van der Waals surface area contributed by atoms with Crippen LogP contribution in [-0.4, -0.2) is 48.0 Å². The summed E-state index contributed by atoms with van der Waals surface area (Å²) in [4.78, 5) is 13.3. The molecule has 5 nitrogen and oxygen atoms in total. The molecule has 2 rings (SSSR count). The zero-order chi connectivity index (χ0) is 19.3. The van der Waals surface area contributed by atoms with E-state index in [0.29, 0.717) is 26.1 Å². The summed E-state index contributed by atoms with van der Waals surface area (Å²) in [6.45, 7) is 3.66. The third kappa shape index (κ3) is 5.79. The summed E-state index contributed by atoms with van der Waals surface area (Å²) >= 11 is 0. The lowest BCUT2D eigenvalue weighted by atomic mass is 9.93. The van der Waals surface area contributed by atoms with E-state index in [1.165, 1.54) is 6.07 Å². The van der Waals surface area contributed by atoms with Gasteiger partial charge in [-0.25, -0.2) is 0 Å². The highest BCUT2D eigenvalue weighted by Gasteiger charge is 2.30. The van der Waals surface area contributed by atoms with E-state index in [4.69, 9.17) is 9.47 Å². The molecule has 1 aliphatic rings. The fraction of sp³-hybridized carbons (Fsp3) is 0.611. The van der Waals surface area contributed by atoms with Gasteiger partial charge >= 0.3 is 12.1 Å². The van der Waals surface area contributed by atoms with Crippen LogP contribution in [0.1, 0.15) is 32.3 Å². The minimum Gasteiger partial charge on any atom is -0.490 e. The smallest absolute Gasteiger partial charge is 0.422 e. The van der Waals surface area contributed by atoms with E-state index in [9.17, 15) is 23.1 Å². The molecular weight excluding hydrogens is 351 g/mol. The average Bonchev–Trinajstić information content (AvgIpc) is 2.55. The molecule has 1 aromatic carbocycles. The average molecular weight is 375 g/mol. The molecule has 8 heteroatoms. The van der Waals surface area contributed by atoms with Crippen LogP contribution in [0, 0.1) is 5.92 Å². The summed E-state index contributed by atoms with van der Waals surface area (Å²) in [7, 11) is 0. The number of halogens is 3. The van der Waals surface area contributed by atoms with Crippen molar-refractivity contribution >= 4 is 5.97 Å². The minimum atomic E-state index is -4.42. The number of carboxylic acids is 1. The standard InChI is InChI=1S/C18H24F3NO4/c1-3-25-16-8-13(5-7-15(16)26-11-18(19,20)21)9-22-10-14(17(23)24)6-4-12(22)2/h5,7-8,12,14H,3-4,6,9-11H2,1-2H3,(H,23,24). The Hall–Kier alpha value is -1.96. The molecule has 2 unspecified atom stereocenters. The lowest BCUT2D eigenvalue weighted by Crippen LogP contribution is -2.43.